The highest BCUT2D eigenvalue weighted by Gasteiger charge is 2.39. The molecular formula is C24H29N3O4S. The van der Waals surface area contributed by atoms with Crippen molar-refractivity contribution in [3.8, 4) is 0 Å². The van der Waals surface area contributed by atoms with Gasteiger partial charge >= 0.3 is 0 Å². The number of amides is 1. The molecule has 2 aromatic rings. The zero-order valence-corrected chi connectivity index (χ0v) is 19.3. The molecule has 1 aromatic heterocycles. The lowest BCUT2D eigenvalue weighted by molar-refractivity contribution is -0.908. The lowest BCUT2D eigenvalue weighted by atomic mass is 9.95. The third kappa shape index (κ3) is 4.57. The number of Topliss-reactive ketones (excluding diaryl/α,β-unsaturated/α-hetero) is 1. The summed E-state index contributed by atoms with van der Waals surface area (Å²) in [4.78, 5) is 31.7. The first-order chi connectivity index (χ1) is 15.5. The predicted octanol–water partition coefficient (Wildman–Crippen LogP) is 0.500. The van der Waals surface area contributed by atoms with Gasteiger partial charge in [-0.1, -0.05) is 18.2 Å². The molecule has 8 heteroatoms. The number of anilines is 1. The number of rotatable bonds is 8. The molecule has 0 spiro atoms. The highest BCUT2D eigenvalue weighted by Crippen LogP contribution is 2.39. The number of benzene rings is 1. The summed E-state index contributed by atoms with van der Waals surface area (Å²) in [7, 11) is 3.91. The largest absolute Gasteiger partial charge is 0.868 e. The van der Waals surface area contributed by atoms with Crippen LogP contribution in [0.25, 0.3) is 0 Å². The van der Waals surface area contributed by atoms with Crippen molar-refractivity contribution in [2.45, 2.75) is 12.5 Å². The molecule has 1 saturated heterocycles. The number of carbonyl (C=O) groups excluding carboxylic acids is 2. The molecule has 1 atom stereocenters. The van der Waals surface area contributed by atoms with E-state index >= 15 is 0 Å². The highest BCUT2D eigenvalue weighted by molar-refractivity contribution is 7.12. The number of ether oxygens (including phenoxy) is 1. The quantitative estimate of drug-likeness (QED) is 0.587. The minimum absolute atomic E-state index is 0.0637. The average molecular weight is 456 g/mol. The second-order valence-corrected chi connectivity index (χ2v) is 9.35. The lowest BCUT2D eigenvalue weighted by Gasteiger charge is -2.29. The van der Waals surface area contributed by atoms with Crippen molar-refractivity contribution in [3.63, 3.8) is 0 Å². The van der Waals surface area contributed by atoms with Gasteiger partial charge in [0.05, 0.1) is 30.7 Å². The first-order valence-corrected chi connectivity index (χ1v) is 11.8. The van der Waals surface area contributed by atoms with Gasteiger partial charge in [-0.3, -0.25) is 9.59 Å². The van der Waals surface area contributed by atoms with E-state index in [9.17, 15) is 14.7 Å². The molecule has 0 saturated carbocycles. The molecule has 0 aliphatic carbocycles. The summed E-state index contributed by atoms with van der Waals surface area (Å²) in [5.41, 5.74) is 1.86. The Labute approximate surface area is 192 Å². The van der Waals surface area contributed by atoms with Gasteiger partial charge in [-0.05, 0) is 34.9 Å². The van der Waals surface area contributed by atoms with Gasteiger partial charge in [-0.2, -0.15) is 0 Å². The van der Waals surface area contributed by atoms with Gasteiger partial charge in [0.15, 0.2) is 0 Å². The summed E-state index contributed by atoms with van der Waals surface area (Å²) in [5.74, 6) is -1.60. The molecule has 2 aliphatic heterocycles. The fourth-order valence-corrected chi connectivity index (χ4v) is 5.03. The first-order valence-electron chi connectivity index (χ1n) is 11.0. The fourth-order valence-electron chi connectivity index (χ4n) is 4.35. The van der Waals surface area contributed by atoms with Crippen LogP contribution in [0.2, 0.25) is 0 Å². The van der Waals surface area contributed by atoms with E-state index in [2.05, 4.69) is 0 Å². The van der Waals surface area contributed by atoms with Crippen LogP contribution in [0.1, 0.15) is 27.7 Å². The Morgan fingerprint density at radius 2 is 1.94 bits per heavy atom. The Morgan fingerprint density at radius 3 is 2.56 bits per heavy atom. The van der Waals surface area contributed by atoms with Crippen LogP contribution < -0.4 is 14.9 Å². The number of nitrogens with zero attached hydrogens (tertiary/aromatic N) is 2. The van der Waals surface area contributed by atoms with E-state index < -0.39 is 17.7 Å². The van der Waals surface area contributed by atoms with Crippen molar-refractivity contribution in [1.29, 1.82) is 0 Å². The number of hydrogen-bond acceptors (Lipinski definition) is 6. The Bertz CT molecular complexity index is 979. The summed E-state index contributed by atoms with van der Waals surface area (Å²) in [5, 5.41) is 14.8. The normalized spacial score (nSPS) is 19.6. The molecule has 1 amide bonds. The van der Waals surface area contributed by atoms with Crippen molar-refractivity contribution in [3.05, 3.63) is 63.6 Å². The Morgan fingerprint density at radius 1 is 1.22 bits per heavy atom. The van der Waals surface area contributed by atoms with Crippen LogP contribution in [0.15, 0.2) is 53.1 Å². The SMILES string of the molecule is CN(C)c1ccc(C2C(C(=O)c3cccs3)=C([O-])C(=O)N2CCC[NH+]2CCOCC2)cc1. The van der Waals surface area contributed by atoms with Crippen LogP contribution in [0.4, 0.5) is 5.69 Å². The van der Waals surface area contributed by atoms with Crippen molar-refractivity contribution in [2.75, 3.05) is 58.4 Å². The van der Waals surface area contributed by atoms with Crippen LogP contribution in [0, 0.1) is 0 Å². The molecule has 1 aromatic carbocycles. The third-order valence-corrected chi connectivity index (χ3v) is 7.00. The monoisotopic (exact) mass is 455 g/mol. The van der Waals surface area contributed by atoms with E-state index in [0.29, 0.717) is 11.4 Å². The Kier molecular flexibility index (Phi) is 6.93. The maximum atomic E-state index is 13.2. The maximum Gasteiger partial charge on any atom is 0.239 e. The van der Waals surface area contributed by atoms with Gasteiger partial charge in [0.25, 0.3) is 0 Å². The number of ketones is 1. The Hall–Kier alpha value is -2.68. The number of quaternary nitrogens is 1. The summed E-state index contributed by atoms with van der Waals surface area (Å²) in [6.45, 7) is 4.76. The number of nitrogens with one attached hydrogen (secondary N) is 1. The molecule has 32 heavy (non-hydrogen) atoms. The molecule has 0 radical (unpaired) electrons. The number of morpholine rings is 1. The van der Waals surface area contributed by atoms with Crippen molar-refractivity contribution < 1.29 is 24.3 Å². The second-order valence-electron chi connectivity index (χ2n) is 8.40. The molecular weight excluding hydrogens is 426 g/mol. The second kappa shape index (κ2) is 9.85. The molecule has 1 N–H and O–H groups in total. The van der Waals surface area contributed by atoms with E-state index in [1.165, 1.54) is 16.2 Å². The third-order valence-electron chi connectivity index (χ3n) is 6.13. The highest BCUT2D eigenvalue weighted by atomic mass is 32.1. The van der Waals surface area contributed by atoms with Gasteiger partial charge in [-0.25, -0.2) is 0 Å². The van der Waals surface area contributed by atoms with Crippen LogP contribution in [0.5, 0.6) is 0 Å². The van der Waals surface area contributed by atoms with Crippen molar-refractivity contribution in [1.82, 2.24) is 4.90 Å². The van der Waals surface area contributed by atoms with E-state index in [1.54, 1.807) is 22.4 Å². The molecule has 3 heterocycles. The molecule has 7 nitrogen and oxygen atoms in total. The molecule has 2 aliphatic rings. The van der Waals surface area contributed by atoms with Gasteiger partial charge in [0.1, 0.15) is 13.1 Å². The molecule has 1 fully saturated rings. The first kappa shape index (κ1) is 22.5. The molecule has 4 rings (SSSR count). The summed E-state index contributed by atoms with van der Waals surface area (Å²) in [6.07, 6.45) is 0.765. The zero-order chi connectivity index (χ0) is 22.7. The summed E-state index contributed by atoms with van der Waals surface area (Å²) in [6, 6.07) is 10.6. The van der Waals surface area contributed by atoms with Crippen LogP contribution in [0.3, 0.4) is 0 Å². The van der Waals surface area contributed by atoms with Gasteiger partial charge in [-0.15, -0.1) is 11.3 Å². The van der Waals surface area contributed by atoms with Crippen LogP contribution in [-0.4, -0.2) is 70.1 Å². The summed E-state index contributed by atoms with van der Waals surface area (Å²) < 4.78 is 5.41. The van der Waals surface area contributed by atoms with E-state index in [-0.39, 0.29) is 11.4 Å². The van der Waals surface area contributed by atoms with Crippen molar-refractivity contribution in [2.24, 2.45) is 0 Å². The summed E-state index contributed by atoms with van der Waals surface area (Å²) >= 11 is 1.29. The molecule has 1 unspecified atom stereocenters. The molecule has 170 valence electrons. The number of thiophene rings is 1. The van der Waals surface area contributed by atoms with E-state index in [4.69, 9.17) is 4.74 Å². The average Bonchev–Trinajstić information content (AvgIpc) is 3.43. The molecule has 0 bridgehead atoms. The van der Waals surface area contributed by atoms with Gasteiger partial charge < -0.3 is 24.5 Å². The fraction of sp³-hybridized carbons (Fsp3) is 0.417. The van der Waals surface area contributed by atoms with Gasteiger partial charge in [0, 0.05) is 38.3 Å². The smallest absolute Gasteiger partial charge is 0.239 e. The number of carbonyl (C=O) groups is 2. The minimum atomic E-state index is -0.677. The van der Waals surface area contributed by atoms with Crippen molar-refractivity contribution >= 4 is 28.7 Å². The lowest BCUT2D eigenvalue weighted by Crippen LogP contribution is -3.14. The van der Waals surface area contributed by atoms with Gasteiger partial charge in [0.2, 0.25) is 11.7 Å². The zero-order valence-electron chi connectivity index (χ0n) is 18.5. The topological polar surface area (TPSA) is 77.4 Å². The van der Waals surface area contributed by atoms with Crippen LogP contribution >= 0.6 is 11.3 Å². The van der Waals surface area contributed by atoms with Crippen LogP contribution in [-0.2, 0) is 9.53 Å². The minimum Gasteiger partial charge on any atom is -0.868 e. The maximum absolute atomic E-state index is 13.2. The standard InChI is InChI=1S/C24H29N3O4S/c1-25(2)18-8-6-17(7-9-18)21-20(22(28)19-5-3-16-32-19)23(29)24(30)27(21)11-4-10-26-12-14-31-15-13-26/h3,5-9,16,21,29H,4,10-15H2,1-2H3. The van der Waals surface area contributed by atoms with E-state index in [0.717, 1.165) is 50.5 Å². The Balaban J connectivity index is 1.60. The van der Waals surface area contributed by atoms with E-state index in [1.807, 2.05) is 43.3 Å². The predicted molar refractivity (Wildman–Crippen MR) is 122 cm³/mol. The number of hydrogen-bond donors (Lipinski definition) is 1.